The van der Waals surface area contributed by atoms with Crippen molar-refractivity contribution in [2.45, 2.75) is 39.7 Å². The summed E-state index contributed by atoms with van der Waals surface area (Å²) >= 11 is 0. The molecule has 0 aliphatic heterocycles. The lowest BCUT2D eigenvalue weighted by Gasteiger charge is -2.27. The second-order valence-corrected chi connectivity index (χ2v) is 5.09. The molecule has 0 aromatic heterocycles. The van der Waals surface area contributed by atoms with E-state index in [0.29, 0.717) is 0 Å². The van der Waals surface area contributed by atoms with Gasteiger partial charge in [-0.1, -0.05) is 19.1 Å². The Balaban J connectivity index is 2.51. The number of amides is 1. The van der Waals surface area contributed by atoms with E-state index in [0.717, 1.165) is 17.7 Å². The Hall–Kier alpha value is -2.04. The van der Waals surface area contributed by atoms with Crippen molar-refractivity contribution in [2.75, 3.05) is 13.2 Å². The van der Waals surface area contributed by atoms with Gasteiger partial charge >= 0.3 is 5.97 Å². The largest absolute Gasteiger partial charge is 0.493 e. The molecule has 0 aliphatic rings. The van der Waals surface area contributed by atoms with Gasteiger partial charge in [-0.15, -0.1) is 0 Å². The second kappa shape index (κ2) is 8.29. The van der Waals surface area contributed by atoms with Crippen LogP contribution in [-0.2, 0) is 9.59 Å². The summed E-state index contributed by atoms with van der Waals surface area (Å²) in [4.78, 5) is 24.4. The van der Waals surface area contributed by atoms with Gasteiger partial charge in [-0.05, 0) is 38.0 Å². The third kappa shape index (κ3) is 5.85. The summed E-state index contributed by atoms with van der Waals surface area (Å²) in [6.07, 6.45) is 0.892. The van der Waals surface area contributed by atoms with Gasteiger partial charge in [0.25, 0.3) is 0 Å². The molecule has 0 saturated heterocycles. The molecule has 1 unspecified atom stereocenters. The van der Waals surface area contributed by atoms with Crippen molar-refractivity contribution < 1.29 is 19.4 Å². The molecule has 0 radical (unpaired) electrons. The molecule has 0 fully saturated rings. The highest BCUT2D eigenvalue weighted by molar-refractivity contribution is 5.81. The average molecular weight is 293 g/mol. The van der Waals surface area contributed by atoms with Gasteiger partial charge in [-0.25, -0.2) is 0 Å². The van der Waals surface area contributed by atoms with Crippen LogP contribution < -0.4 is 4.74 Å². The molecular formula is C16H23NO4. The van der Waals surface area contributed by atoms with E-state index in [1.807, 2.05) is 45.0 Å². The number of nitrogens with zero attached hydrogens (tertiary/aromatic N) is 1. The Bertz CT molecular complexity index is 487. The molecule has 1 aromatic rings. The zero-order valence-corrected chi connectivity index (χ0v) is 12.8. The van der Waals surface area contributed by atoms with Gasteiger partial charge in [-0.2, -0.15) is 0 Å². The molecule has 1 aromatic carbocycles. The molecule has 0 spiro atoms. The van der Waals surface area contributed by atoms with Crippen LogP contribution in [0.1, 0.15) is 32.3 Å². The fraction of sp³-hybridized carbons (Fsp3) is 0.500. The quantitative estimate of drug-likeness (QED) is 0.799. The fourth-order valence-electron chi connectivity index (χ4n) is 1.96. The molecular weight excluding hydrogens is 270 g/mol. The number of carbonyl (C=O) groups is 2. The number of rotatable bonds is 8. The SMILES string of the molecule is CCC(C)N(CC(=O)O)C(=O)CCOc1cccc(C)c1. The van der Waals surface area contributed by atoms with Crippen LogP contribution in [0.4, 0.5) is 0 Å². The number of benzene rings is 1. The number of hydrogen-bond donors (Lipinski definition) is 1. The summed E-state index contributed by atoms with van der Waals surface area (Å²) in [5.74, 6) is -0.473. The Morgan fingerprint density at radius 3 is 2.67 bits per heavy atom. The van der Waals surface area contributed by atoms with Crippen LogP contribution in [-0.4, -0.2) is 41.1 Å². The van der Waals surface area contributed by atoms with E-state index in [1.54, 1.807) is 0 Å². The predicted octanol–water partition coefficient (Wildman–Crippen LogP) is 2.48. The summed E-state index contributed by atoms with van der Waals surface area (Å²) in [6, 6.07) is 7.50. The van der Waals surface area contributed by atoms with E-state index in [4.69, 9.17) is 9.84 Å². The number of carboxylic acid groups (broad SMARTS) is 1. The summed E-state index contributed by atoms with van der Waals surface area (Å²) in [5.41, 5.74) is 1.09. The highest BCUT2D eigenvalue weighted by Gasteiger charge is 2.21. The highest BCUT2D eigenvalue weighted by atomic mass is 16.5. The zero-order chi connectivity index (χ0) is 15.8. The molecule has 0 aliphatic carbocycles. The molecule has 1 amide bonds. The number of carbonyl (C=O) groups excluding carboxylic acids is 1. The van der Waals surface area contributed by atoms with Crippen molar-refractivity contribution in [1.82, 2.24) is 4.90 Å². The van der Waals surface area contributed by atoms with Crippen molar-refractivity contribution in [2.24, 2.45) is 0 Å². The van der Waals surface area contributed by atoms with Gasteiger partial charge in [0.05, 0.1) is 13.0 Å². The molecule has 5 heteroatoms. The average Bonchev–Trinajstić information content (AvgIpc) is 2.43. The third-order valence-electron chi connectivity index (χ3n) is 3.32. The fourth-order valence-corrected chi connectivity index (χ4v) is 1.96. The van der Waals surface area contributed by atoms with Crippen LogP contribution >= 0.6 is 0 Å². The van der Waals surface area contributed by atoms with Gasteiger partial charge in [-0.3, -0.25) is 9.59 Å². The minimum absolute atomic E-state index is 0.0902. The number of aryl methyl sites for hydroxylation is 1. The Kier molecular flexibility index (Phi) is 6.72. The first-order valence-electron chi connectivity index (χ1n) is 7.14. The summed E-state index contributed by atoms with van der Waals surface area (Å²) in [6.45, 7) is 5.72. The van der Waals surface area contributed by atoms with E-state index in [9.17, 15) is 9.59 Å². The lowest BCUT2D eigenvalue weighted by atomic mass is 10.2. The summed E-state index contributed by atoms with van der Waals surface area (Å²) in [5, 5.41) is 8.89. The van der Waals surface area contributed by atoms with Gasteiger partial charge in [0.1, 0.15) is 12.3 Å². The maximum Gasteiger partial charge on any atom is 0.323 e. The van der Waals surface area contributed by atoms with E-state index in [-0.39, 0.29) is 31.5 Å². The van der Waals surface area contributed by atoms with Gasteiger partial charge < -0.3 is 14.7 Å². The monoisotopic (exact) mass is 293 g/mol. The molecule has 0 bridgehead atoms. The number of carboxylic acids is 1. The minimum atomic E-state index is -0.997. The lowest BCUT2D eigenvalue weighted by Crippen LogP contribution is -2.42. The lowest BCUT2D eigenvalue weighted by molar-refractivity contribution is -0.146. The normalized spacial score (nSPS) is 11.8. The van der Waals surface area contributed by atoms with Crippen molar-refractivity contribution in [1.29, 1.82) is 0 Å². The van der Waals surface area contributed by atoms with Crippen molar-refractivity contribution in [3.63, 3.8) is 0 Å². The van der Waals surface area contributed by atoms with E-state index in [1.165, 1.54) is 4.90 Å². The van der Waals surface area contributed by atoms with E-state index in [2.05, 4.69) is 0 Å². The molecule has 1 atom stereocenters. The molecule has 0 saturated carbocycles. The van der Waals surface area contributed by atoms with E-state index >= 15 is 0 Å². The van der Waals surface area contributed by atoms with Crippen LogP contribution in [0.2, 0.25) is 0 Å². The second-order valence-electron chi connectivity index (χ2n) is 5.09. The topological polar surface area (TPSA) is 66.8 Å². The first kappa shape index (κ1) is 17.0. The van der Waals surface area contributed by atoms with Crippen LogP contribution in [0.15, 0.2) is 24.3 Å². The van der Waals surface area contributed by atoms with Crippen LogP contribution in [0, 0.1) is 6.92 Å². The number of aliphatic carboxylic acids is 1. The van der Waals surface area contributed by atoms with Crippen LogP contribution in [0.25, 0.3) is 0 Å². The number of ether oxygens (including phenoxy) is 1. The highest BCUT2D eigenvalue weighted by Crippen LogP contribution is 2.13. The van der Waals surface area contributed by atoms with Crippen molar-refractivity contribution >= 4 is 11.9 Å². The molecule has 1 rings (SSSR count). The maximum absolute atomic E-state index is 12.1. The summed E-state index contributed by atoms with van der Waals surface area (Å²) < 4.78 is 5.53. The first-order valence-corrected chi connectivity index (χ1v) is 7.14. The van der Waals surface area contributed by atoms with Gasteiger partial charge in [0.15, 0.2) is 0 Å². The molecule has 116 valence electrons. The van der Waals surface area contributed by atoms with Gasteiger partial charge in [0, 0.05) is 6.04 Å². The van der Waals surface area contributed by atoms with Crippen LogP contribution in [0.5, 0.6) is 5.75 Å². The maximum atomic E-state index is 12.1. The Morgan fingerprint density at radius 2 is 2.10 bits per heavy atom. The number of hydrogen-bond acceptors (Lipinski definition) is 3. The standard InChI is InChI=1S/C16H23NO4/c1-4-13(3)17(11-16(19)20)15(18)8-9-21-14-7-5-6-12(2)10-14/h5-7,10,13H,4,8-9,11H2,1-3H3,(H,19,20). The minimum Gasteiger partial charge on any atom is -0.493 e. The van der Waals surface area contributed by atoms with E-state index < -0.39 is 5.97 Å². The molecule has 1 N–H and O–H groups in total. The third-order valence-corrected chi connectivity index (χ3v) is 3.32. The van der Waals surface area contributed by atoms with Crippen LogP contribution in [0.3, 0.4) is 0 Å². The van der Waals surface area contributed by atoms with Gasteiger partial charge in [0.2, 0.25) is 5.91 Å². The predicted molar refractivity (Wildman–Crippen MR) is 80.4 cm³/mol. The summed E-state index contributed by atoms with van der Waals surface area (Å²) in [7, 11) is 0. The molecule has 5 nitrogen and oxygen atoms in total. The molecule has 21 heavy (non-hydrogen) atoms. The van der Waals surface area contributed by atoms with Crippen molar-refractivity contribution in [3.05, 3.63) is 29.8 Å². The zero-order valence-electron chi connectivity index (χ0n) is 12.8. The Morgan fingerprint density at radius 1 is 1.38 bits per heavy atom. The first-order chi connectivity index (χ1) is 9.93. The Labute approximate surface area is 125 Å². The molecule has 0 heterocycles. The van der Waals surface area contributed by atoms with Crippen molar-refractivity contribution in [3.8, 4) is 5.75 Å². The smallest absolute Gasteiger partial charge is 0.323 e.